The number of rotatable bonds is 6. The lowest BCUT2D eigenvalue weighted by Crippen LogP contribution is -2.57. The average Bonchev–Trinajstić information content (AvgIpc) is 3.11. The largest absolute Gasteiger partial charge is 0.416 e. The molecule has 1 aromatic heterocycles. The van der Waals surface area contributed by atoms with Crippen molar-refractivity contribution >= 4 is 27.5 Å². The third-order valence-corrected chi connectivity index (χ3v) is 7.59. The second-order valence-electron chi connectivity index (χ2n) is 7.53. The van der Waals surface area contributed by atoms with Crippen LogP contribution in [-0.4, -0.2) is 41.0 Å². The van der Waals surface area contributed by atoms with Gasteiger partial charge in [0.2, 0.25) is 15.9 Å². The number of aromatic nitrogens is 2. The third kappa shape index (κ3) is 4.79. The van der Waals surface area contributed by atoms with Gasteiger partial charge in [0.05, 0.1) is 16.1 Å². The molecule has 180 valence electrons. The highest BCUT2D eigenvalue weighted by atomic mass is 35.5. The number of halogens is 5. The molecule has 1 aliphatic heterocycles. The fourth-order valence-corrected chi connectivity index (χ4v) is 5.23. The van der Waals surface area contributed by atoms with Crippen molar-refractivity contribution in [1.29, 1.82) is 0 Å². The smallest absolute Gasteiger partial charge is 0.350 e. The molecular formula is C21H17ClF4N4O3S. The number of hydrogen-bond donors (Lipinski definition) is 1. The van der Waals surface area contributed by atoms with Crippen LogP contribution in [0.5, 0.6) is 0 Å². The van der Waals surface area contributed by atoms with Crippen LogP contribution in [0.15, 0.2) is 59.6 Å². The van der Waals surface area contributed by atoms with Gasteiger partial charge in [-0.3, -0.25) is 4.79 Å². The molecule has 0 bridgehead atoms. The van der Waals surface area contributed by atoms with Gasteiger partial charge in [-0.2, -0.15) is 22.6 Å². The van der Waals surface area contributed by atoms with Crippen LogP contribution < -0.4 is 5.32 Å². The van der Waals surface area contributed by atoms with E-state index in [0.29, 0.717) is 17.7 Å². The molecule has 34 heavy (non-hydrogen) atoms. The van der Waals surface area contributed by atoms with Crippen molar-refractivity contribution in [3.8, 4) is 5.69 Å². The summed E-state index contributed by atoms with van der Waals surface area (Å²) < 4.78 is 79.1. The summed E-state index contributed by atoms with van der Waals surface area (Å²) in [7, 11) is -3.97. The Morgan fingerprint density at radius 1 is 1.12 bits per heavy atom. The Kier molecular flexibility index (Phi) is 6.40. The van der Waals surface area contributed by atoms with Gasteiger partial charge < -0.3 is 5.32 Å². The predicted molar refractivity (Wildman–Crippen MR) is 114 cm³/mol. The highest BCUT2D eigenvalue weighted by Crippen LogP contribution is 2.30. The number of carbonyl (C=O) groups excluding carboxylic acids is 1. The Morgan fingerprint density at radius 2 is 1.76 bits per heavy atom. The van der Waals surface area contributed by atoms with E-state index in [4.69, 9.17) is 11.6 Å². The number of nitrogens with zero attached hydrogens (tertiary/aromatic N) is 3. The highest BCUT2D eigenvalue weighted by Gasteiger charge is 2.42. The third-order valence-electron chi connectivity index (χ3n) is 5.34. The number of carbonyl (C=O) groups is 1. The molecule has 0 radical (unpaired) electrons. The van der Waals surface area contributed by atoms with Gasteiger partial charge in [-0.05, 0) is 55.0 Å². The van der Waals surface area contributed by atoms with Crippen LogP contribution >= 0.6 is 11.6 Å². The minimum absolute atomic E-state index is 0.0320. The molecule has 2 aromatic carbocycles. The van der Waals surface area contributed by atoms with Crippen LogP contribution in [0.25, 0.3) is 5.69 Å². The average molecular weight is 517 g/mol. The minimum Gasteiger partial charge on any atom is -0.350 e. The van der Waals surface area contributed by atoms with Crippen LogP contribution in [0.2, 0.25) is 5.15 Å². The van der Waals surface area contributed by atoms with Gasteiger partial charge in [-0.1, -0.05) is 11.6 Å². The fourth-order valence-electron chi connectivity index (χ4n) is 3.40. The summed E-state index contributed by atoms with van der Waals surface area (Å²) in [6, 6.07) is 7.69. The topological polar surface area (TPSA) is 84.3 Å². The summed E-state index contributed by atoms with van der Waals surface area (Å²) in [6.45, 7) is 0.0731. The standard InChI is InChI=1S/C21H17ClF4N4O3S/c22-19-13(12-29(28-19)16-5-1-14(2-6-16)21(24,25)26)11-27-20(31)18-9-10-30(18)34(32,33)17-7-3-15(23)4-8-17/h1-8,12,18H,9-11H2,(H,27,31)/t18-/m0/s1. The number of hydrogen-bond acceptors (Lipinski definition) is 4. The molecule has 1 fully saturated rings. The van der Waals surface area contributed by atoms with Crippen LogP contribution in [0, 0.1) is 5.82 Å². The minimum atomic E-state index is -4.46. The van der Waals surface area contributed by atoms with E-state index in [-0.39, 0.29) is 23.1 Å². The molecule has 13 heteroatoms. The van der Waals surface area contributed by atoms with Gasteiger partial charge in [-0.25, -0.2) is 17.5 Å². The van der Waals surface area contributed by atoms with Crippen LogP contribution in [0.3, 0.4) is 0 Å². The fraction of sp³-hybridized carbons (Fsp3) is 0.238. The number of sulfonamides is 1. The Labute approximate surface area is 197 Å². The summed E-state index contributed by atoms with van der Waals surface area (Å²) in [5.74, 6) is -1.12. The van der Waals surface area contributed by atoms with Gasteiger partial charge in [0.1, 0.15) is 11.9 Å². The molecule has 0 aliphatic carbocycles. The van der Waals surface area contributed by atoms with E-state index in [2.05, 4.69) is 10.4 Å². The number of benzene rings is 2. The number of alkyl halides is 3. The molecule has 4 rings (SSSR count). The van der Waals surface area contributed by atoms with Crippen molar-refractivity contribution < 1.29 is 30.8 Å². The number of amides is 1. The molecule has 7 nitrogen and oxygen atoms in total. The van der Waals surface area contributed by atoms with Gasteiger partial charge in [-0.15, -0.1) is 0 Å². The van der Waals surface area contributed by atoms with E-state index >= 15 is 0 Å². The predicted octanol–water partition coefficient (Wildman–Crippen LogP) is 3.76. The maximum absolute atomic E-state index is 13.1. The summed E-state index contributed by atoms with van der Waals surface area (Å²) in [5.41, 5.74) is -0.0761. The maximum Gasteiger partial charge on any atom is 0.416 e. The molecule has 1 saturated heterocycles. The zero-order chi connectivity index (χ0) is 24.7. The lowest BCUT2D eigenvalue weighted by atomic mass is 10.1. The second-order valence-corrected chi connectivity index (χ2v) is 9.77. The van der Waals surface area contributed by atoms with Crippen molar-refractivity contribution in [3.05, 3.63) is 76.8 Å². The zero-order valence-electron chi connectivity index (χ0n) is 17.3. The SMILES string of the molecule is O=C(NCc1cn(-c2ccc(C(F)(F)F)cc2)nc1Cl)[C@@H]1CCN1S(=O)(=O)c1ccc(F)cc1. The first-order valence-electron chi connectivity index (χ1n) is 9.93. The van der Waals surface area contributed by atoms with Crippen molar-refractivity contribution in [3.63, 3.8) is 0 Å². The molecule has 0 saturated carbocycles. The second kappa shape index (κ2) is 9.01. The molecule has 0 unspecified atom stereocenters. The van der Waals surface area contributed by atoms with Crippen LogP contribution in [0.1, 0.15) is 17.5 Å². The summed E-state index contributed by atoms with van der Waals surface area (Å²) in [6.07, 6.45) is -2.70. The molecular weight excluding hydrogens is 500 g/mol. The van der Waals surface area contributed by atoms with Gasteiger partial charge in [0.15, 0.2) is 5.15 Å². The van der Waals surface area contributed by atoms with Crippen molar-refractivity contribution in [2.45, 2.75) is 30.1 Å². The molecule has 1 N–H and O–H groups in total. The van der Waals surface area contributed by atoms with Crippen molar-refractivity contribution in [2.24, 2.45) is 0 Å². The molecule has 1 aliphatic rings. The first kappa shape index (κ1) is 24.2. The summed E-state index contributed by atoms with van der Waals surface area (Å²) >= 11 is 6.10. The highest BCUT2D eigenvalue weighted by molar-refractivity contribution is 7.89. The maximum atomic E-state index is 13.1. The Morgan fingerprint density at radius 3 is 2.32 bits per heavy atom. The summed E-state index contributed by atoms with van der Waals surface area (Å²) in [5, 5.41) is 6.68. The lowest BCUT2D eigenvalue weighted by molar-refractivity contribution is -0.137. The van der Waals surface area contributed by atoms with E-state index < -0.39 is 39.5 Å². The van der Waals surface area contributed by atoms with E-state index in [9.17, 15) is 30.8 Å². The molecule has 0 spiro atoms. The monoisotopic (exact) mass is 516 g/mol. The molecule has 1 amide bonds. The Balaban J connectivity index is 1.41. The lowest BCUT2D eigenvalue weighted by Gasteiger charge is -2.38. The number of nitrogens with one attached hydrogen (secondary N) is 1. The zero-order valence-corrected chi connectivity index (χ0v) is 18.8. The Hall–Kier alpha value is -2.96. The van der Waals surface area contributed by atoms with E-state index in [1.807, 2.05) is 0 Å². The van der Waals surface area contributed by atoms with E-state index in [0.717, 1.165) is 40.7 Å². The van der Waals surface area contributed by atoms with Crippen LogP contribution in [-0.2, 0) is 27.5 Å². The van der Waals surface area contributed by atoms with E-state index in [1.54, 1.807) is 0 Å². The summed E-state index contributed by atoms with van der Waals surface area (Å²) in [4.78, 5) is 12.5. The molecule has 3 aromatic rings. The van der Waals surface area contributed by atoms with Crippen molar-refractivity contribution in [2.75, 3.05) is 6.54 Å². The first-order chi connectivity index (χ1) is 16.0. The Bertz CT molecular complexity index is 1310. The van der Waals surface area contributed by atoms with Crippen LogP contribution in [0.4, 0.5) is 17.6 Å². The first-order valence-corrected chi connectivity index (χ1v) is 11.8. The van der Waals surface area contributed by atoms with Gasteiger partial charge in [0, 0.05) is 24.8 Å². The normalized spacial score (nSPS) is 16.8. The van der Waals surface area contributed by atoms with E-state index in [1.165, 1.54) is 23.0 Å². The van der Waals surface area contributed by atoms with Gasteiger partial charge in [0.25, 0.3) is 0 Å². The quantitative estimate of drug-likeness (QED) is 0.506. The molecule has 2 heterocycles. The van der Waals surface area contributed by atoms with Gasteiger partial charge >= 0.3 is 6.18 Å². The molecule has 1 atom stereocenters. The van der Waals surface area contributed by atoms with Crippen molar-refractivity contribution in [1.82, 2.24) is 19.4 Å².